The van der Waals surface area contributed by atoms with E-state index in [1.54, 1.807) is 25.2 Å². The number of hydrogen-bond donors (Lipinski definition) is 0. The minimum absolute atomic E-state index is 1.65. The topological polar surface area (TPSA) is 0 Å². The summed E-state index contributed by atoms with van der Waals surface area (Å²) in [5, 5.41) is 0. The zero-order chi connectivity index (χ0) is 9.78. The van der Waals surface area contributed by atoms with Crippen molar-refractivity contribution in [2.45, 2.75) is 6.92 Å². The Morgan fingerprint density at radius 1 is 0.923 bits per heavy atom. The summed E-state index contributed by atoms with van der Waals surface area (Å²) in [5.41, 5.74) is 0. The smallest absolute Gasteiger partial charge is 0.0000226 e. The van der Waals surface area contributed by atoms with Crippen LogP contribution in [-0.4, -0.2) is 0 Å². The molecule has 0 nitrogen and oxygen atoms in total. The van der Waals surface area contributed by atoms with Gasteiger partial charge in [-0.1, -0.05) is 30.6 Å². The molecule has 0 N–H and O–H groups in total. The summed E-state index contributed by atoms with van der Waals surface area (Å²) in [6, 6.07) is 0. The van der Waals surface area contributed by atoms with Crippen LogP contribution in [0.1, 0.15) is 6.92 Å². The van der Waals surface area contributed by atoms with Crippen molar-refractivity contribution in [3.05, 3.63) is 24.8 Å². The average molecular weight is 164 g/mol. The molecule has 60 valence electrons. The fraction of sp³-hybridized carbons (Fsp3) is 0.0769. The van der Waals surface area contributed by atoms with Gasteiger partial charge in [0.1, 0.15) is 0 Å². The lowest BCUT2D eigenvalue weighted by Gasteiger charge is -1.61. The van der Waals surface area contributed by atoms with E-state index in [1.807, 2.05) is 0 Å². The molecular formula is C13H8. The summed E-state index contributed by atoms with van der Waals surface area (Å²) in [6.07, 6.45) is 5.06. The van der Waals surface area contributed by atoms with E-state index in [-0.39, 0.29) is 0 Å². The molecule has 0 aliphatic rings. The fourth-order valence-corrected chi connectivity index (χ4v) is 0.381. The Bertz CT molecular complexity index is 417. The Morgan fingerprint density at radius 3 is 2.15 bits per heavy atom. The summed E-state index contributed by atoms with van der Waals surface area (Å²) < 4.78 is 0. The lowest BCUT2D eigenvalue weighted by atomic mass is 10.4. The highest BCUT2D eigenvalue weighted by atomic mass is 13.6. The van der Waals surface area contributed by atoms with E-state index < -0.39 is 0 Å². The molecule has 0 saturated carbocycles. The Hall–Kier alpha value is -2.28. The summed E-state index contributed by atoms with van der Waals surface area (Å²) in [5.74, 6) is 20.7. The van der Waals surface area contributed by atoms with Gasteiger partial charge in [-0.2, -0.15) is 0 Å². The zero-order valence-electron chi connectivity index (χ0n) is 7.44. The van der Waals surface area contributed by atoms with Crippen molar-refractivity contribution in [2.75, 3.05) is 0 Å². The maximum atomic E-state index is 3.50. The van der Waals surface area contributed by atoms with Crippen LogP contribution in [0.15, 0.2) is 24.8 Å². The van der Waals surface area contributed by atoms with Gasteiger partial charge in [-0.3, -0.25) is 0 Å². The van der Waals surface area contributed by atoms with Crippen molar-refractivity contribution in [3.8, 4) is 47.4 Å². The van der Waals surface area contributed by atoms with Crippen molar-refractivity contribution < 1.29 is 0 Å². The van der Waals surface area contributed by atoms with Gasteiger partial charge in [0.05, 0.1) is 0 Å². The van der Waals surface area contributed by atoms with Crippen molar-refractivity contribution in [1.82, 2.24) is 0 Å². The first-order valence-electron chi connectivity index (χ1n) is 3.61. The third-order valence-electron chi connectivity index (χ3n) is 0.825. The summed E-state index contributed by atoms with van der Waals surface area (Å²) >= 11 is 0. The second kappa shape index (κ2) is 9.72. The van der Waals surface area contributed by atoms with E-state index >= 15 is 0 Å². The molecule has 0 aromatic heterocycles. The van der Waals surface area contributed by atoms with Gasteiger partial charge >= 0.3 is 0 Å². The minimum atomic E-state index is 1.65. The maximum absolute atomic E-state index is 3.50. The highest BCUT2D eigenvalue weighted by Crippen LogP contribution is 1.68. The van der Waals surface area contributed by atoms with Gasteiger partial charge in [-0.05, 0) is 48.5 Å². The molecule has 0 spiro atoms. The van der Waals surface area contributed by atoms with Gasteiger partial charge in [0.25, 0.3) is 0 Å². The summed E-state index contributed by atoms with van der Waals surface area (Å²) in [7, 11) is 0. The zero-order valence-corrected chi connectivity index (χ0v) is 7.44. The standard InChI is InChI=1S/C13H8/c1-3-5-7-9-11-13-12-10-8-6-4-2/h3,5,7H,1H2,2H3. The van der Waals surface area contributed by atoms with Crippen molar-refractivity contribution >= 4 is 0 Å². The molecule has 0 unspecified atom stereocenters. The first-order chi connectivity index (χ1) is 6.41. The van der Waals surface area contributed by atoms with Gasteiger partial charge < -0.3 is 0 Å². The molecule has 0 atom stereocenters. The van der Waals surface area contributed by atoms with Gasteiger partial charge in [-0.15, -0.1) is 0 Å². The van der Waals surface area contributed by atoms with Crippen LogP contribution in [0.3, 0.4) is 0 Å². The molecule has 0 radical (unpaired) electrons. The minimum Gasteiger partial charge on any atom is -0.0990 e. The first kappa shape index (κ1) is 10.7. The maximum Gasteiger partial charge on any atom is -0.0000226 e. The van der Waals surface area contributed by atoms with Crippen LogP contribution in [0.5, 0.6) is 0 Å². The van der Waals surface area contributed by atoms with E-state index in [1.165, 1.54) is 0 Å². The number of allylic oxidation sites excluding steroid dienone is 3. The predicted octanol–water partition coefficient (Wildman–Crippen LogP) is 1.76. The van der Waals surface area contributed by atoms with E-state index in [9.17, 15) is 0 Å². The predicted molar refractivity (Wildman–Crippen MR) is 56.1 cm³/mol. The van der Waals surface area contributed by atoms with Gasteiger partial charge in [0.2, 0.25) is 0 Å². The molecule has 0 aromatic carbocycles. The quantitative estimate of drug-likeness (QED) is 0.409. The average Bonchev–Trinajstić information content (AvgIpc) is 2.16. The highest BCUT2D eigenvalue weighted by molar-refractivity contribution is 5.41. The molecule has 0 aliphatic heterocycles. The van der Waals surface area contributed by atoms with E-state index in [0.717, 1.165) is 0 Å². The van der Waals surface area contributed by atoms with Crippen LogP contribution >= 0.6 is 0 Å². The Labute approximate surface area is 79.7 Å². The van der Waals surface area contributed by atoms with Crippen LogP contribution < -0.4 is 0 Å². The molecule has 0 heterocycles. The Kier molecular flexibility index (Phi) is 8.02. The van der Waals surface area contributed by atoms with Crippen LogP contribution in [-0.2, 0) is 0 Å². The van der Waals surface area contributed by atoms with E-state index in [4.69, 9.17) is 0 Å². The molecule has 0 fully saturated rings. The molecule has 13 heavy (non-hydrogen) atoms. The fourth-order valence-electron chi connectivity index (χ4n) is 0.381. The second-order valence-corrected chi connectivity index (χ2v) is 1.74. The highest BCUT2D eigenvalue weighted by Gasteiger charge is 1.56. The monoisotopic (exact) mass is 164 g/mol. The number of rotatable bonds is 1. The Balaban J connectivity index is 4.04. The lowest BCUT2D eigenvalue weighted by molar-refractivity contribution is 1.92. The molecule has 0 aromatic rings. The molecule has 0 amide bonds. The molecular weight excluding hydrogens is 156 g/mol. The lowest BCUT2D eigenvalue weighted by Crippen LogP contribution is -1.53. The van der Waals surface area contributed by atoms with Gasteiger partial charge in [0, 0.05) is 0 Å². The van der Waals surface area contributed by atoms with Crippen LogP contribution in [0.2, 0.25) is 0 Å². The molecule has 0 aliphatic carbocycles. The Morgan fingerprint density at radius 2 is 1.54 bits per heavy atom. The number of hydrogen-bond acceptors (Lipinski definition) is 0. The van der Waals surface area contributed by atoms with Crippen LogP contribution in [0.4, 0.5) is 0 Å². The van der Waals surface area contributed by atoms with Crippen LogP contribution in [0, 0.1) is 47.4 Å². The largest absolute Gasteiger partial charge is 0.0990 e. The normalized spacial score (nSPS) is 5.92. The van der Waals surface area contributed by atoms with Crippen molar-refractivity contribution in [3.63, 3.8) is 0 Å². The second-order valence-electron chi connectivity index (χ2n) is 1.74. The molecule has 0 saturated heterocycles. The van der Waals surface area contributed by atoms with Crippen molar-refractivity contribution in [1.29, 1.82) is 0 Å². The SMILES string of the molecule is C=CC=CC#CC#CC#CC#CC. The summed E-state index contributed by atoms with van der Waals surface area (Å²) in [6.45, 7) is 5.22. The molecule has 0 heteroatoms. The molecule has 0 bridgehead atoms. The first-order valence-corrected chi connectivity index (χ1v) is 3.61. The third-order valence-corrected chi connectivity index (χ3v) is 0.825. The van der Waals surface area contributed by atoms with Crippen LogP contribution in [0.25, 0.3) is 0 Å². The van der Waals surface area contributed by atoms with Crippen molar-refractivity contribution in [2.24, 2.45) is 0 Å². The van der Waals surface area contributed by atoms with E-state index in [0.29, 0.717) is 0 Å². The summed E-state index contributed by atoms with van der Waals surface area (Å²) in [4.78, 5) is 0. The molecule has 0 rings (SSSR count). The van der Waals surface area contributed by atoms with Gasteiger partial charge in [0.15, 0.2) is 0 Å². The van der Waals surface area contributed by atoms with E-state index in [2.05, 4.69) is 53.9 Å². The third kappa shape index (κ3) is 9.72. The van der Waals surface area contributed by atoms with Gasteiger partial charge in [-0.25, -0.2) is 0 Å².